The van der Waals surface area contributed by atoms with E-state index >= 15 is 0 Å². The second-order valence-electron chi connectivity index (χ2n) is 2.94. The van der Waals surface area contributed by atoms with E-state index in [0.717, 1.165) is 4.91 Å². The minimum Gasteiger partial charge on any atom is -0.290 e. The topological polar surface area (TPSA) is 12.4 Å². The molecule has 0 N–H and O–H groups in total. The Balaban J connectivity index is 4.02. The molecule has 2 heteroatoms. The SMILES string of the molecule is C=CC(=C)S/C(C)=C/C=NC(C)C. The van der Waals surface area contributed by atoms with Gasteiger partial charge in [-0.1, -0.05) is 31.0 Å². The van der Waals surface area contributed by atoms with Gasteiger partial charge < -0.3 is 0 Å². The molecule has 0 fully saturated rings. The molecular weight excluding hydrogens is 178 g/mol. The van der Waals surface area contributed by atoms with Crippen molar-refractivity contribution in [3.8, 4) is 0 Å². The Kier molecular flexibility index (Phi) is 6.33. The van der Waals surface area contributed by atoms with Crippen LogP contribution in [0.3, 0.4) is 0 Å². The van der Waals surface area contributed by atoms with Gasteiger partial charge in [0.1, 0.15) is 0 Å². The van der Waals surface area contributed by atoms with E-state index in [-0.39, 0.29) is 0 Å². The zero-order valence-electron chi connectivity index (χ0n) is 8.58. The largest absolute Gasteiger partial charge is 0.290 e. The summed E-state index contributed by atoms with van der Waals surface area (Å²) in [4.78, 5) is 6.37. The highest BCUT2D eigenvalue weighted by Gasteiger charge is 1.90. The summed E-state index contributed by atoms with van der Waals surface area (Å²) in [6.07, 6.45) is 5.57. The van der Waals surface area contributed by atoms with Crippen LogP contribution < -0.4 is 0 Å². The van der Waals surface area contributed by atoms with Crippen molar-refractivity contribution in [2.24, 2.45) is 4.99 Å². The number of allylic oxidation sites excluding steroid dienone is 3. The van der Waals surface area contributed by atoms with Crippen LogP contribution in [0, 0.1) is 0 Å². The van der Waals surface area contributed by atoms with Gasteiger partial charge in [-0.05, 0) is 31.8 Å². The Morgan fingerprint density at radius 3 is 2.54 bits per heavy atom. The van der Waals surface area contributed by atoms with Crippen molar-refractivity contribution in [2.45, 2.75) is 26.8 Å². The minimum atomic E-state index is 0.358. The normalized spacial score (nSPS) is 12.5. The second kappa shape index (κ2) is 6.72. The third-order valence-corrected chi connectivity index (χ3v) is 2.10. The van der Waals surface area contributed by atoms with Gasteiger partial charge in [-0.15, -0.1) is 0 Å². The highest BCUT2D eigenvalue weighted by molar-refractivity contribution is 8.06. The highest BCUT2D eigenvalue weighted by atomic mass is 32.2. The molecule has 0 saturated heterocycles. The molecule has 0 aromatic heterocycles. The summed E-state index contributed by atoms with van der Waals surface area (Å²) in [5.41, 5.74) is 0. The van der Waals surface area contributed by atoms with Gasteiger partial charge in [0.2, 0.25) is 0 Å². The van der Waals surface area contributed by atoms with Gasteiger partial charge in [0.15, 0.2) is 0 Å². The molecule has 0 aromatic rings. The fourth-order valence-corrected chi connectivity index (χ4v) is 1.23. The molecular formula is C11H17NS. The molecule has 0 amide bonds. The molecule has 0 heterocycles. The fourth-order valence-electron chi connectivity index (χ4n) is 0.603. The van der Waals surface area contributed by atoms with E-state index in [2.05, 4.69) is 32.0 Å². The van der Waals surface area contributed by atoms with Crippen molar-refractivity contribution >= 4 is 18.0 Å². The van der Waals surface area contributed by atoms with E-state index in [0.29, 0.717) is 6.04 Å². The van der Waals surface area contributed by atoms with Gasteiger partial charge >= 0.3 is 0 Å². The molecule has 1 nitrogen and oxygen atoms in total. The van der Waals surface area contributed by atoms with Gasteiger partial charge in [0, 0.05) is 17.2 Å². The summed E-state index contributed by atoms with van der Waals surface area (Å²) in [6.45, 7) is 13.6. The lowest BCUT2D eigenvalue weighted by Crippen LogP contribution is -1.86. The lowest BCUT2D eigenvalue weighted by atomic mass is 10.4. The van der Waals surface area contributed by atoms with Crippen LogP contribution in [-0.2, 0) is 0 Å². The summed E-state index contributed by atoms with van der Waals surface area (Å²) in [5, 5.41) is 0. The fraction of sp³-hybridized carbons (Fsp3) is 0.364. The van der Waals surface area contributed by atoms with Crippen LogP contribution in [0.4, 0.5) is 0 Å². The predicted molar refractivity (Wildman–Crippen MR) is 64.3 cm³/mol. The van der Waals surface area contributed by atoms with Crippen LogP contribution in [0.2, 0.25) is 0 Å². The first-order valence-electron chi connectivity index (χ1n) is 4.25. The Morgan fingerprint density at radius 1 is 1.46 bits per heavy atom. The number of nitrogens with zero attached hydrogens (tertiary/aromatic N) is 1. The van der Waals surface area contributed by atoms with Gasteiger partial charge in [-0.2, -0.15) is 0 Å². The molecule has 0 atom stereocenters. The Labute approximate surface area is 85.3 Å². The zero-order valence-corrected chi connectivity index (χ0v) is 9.40. The molecule has 0 aliphatic carbocycles. The van der Waals surface area contributed by atoms with Crippen LogP contribution in [0.15, 0.2) is 40.1 Å². The summed E-state index contributed by atoms with van der Waals surface area (Å²) >= 11 is 1.61. The number of aliphatic imine (C=N–C) groups is 1. The van der Waals surface area contributed by atoms with E-state index in [1.54, 1.807) is 17.8 Å². The van der Waals surface area contributed by atoms with E-state index in [9.17, 15) is 0 Å². The highest BCUT2D eigenvalue weighted by Crippen LogP contribution is 2.22. The standard InChI is InChI=1S/C11H17NS/c1-6-10(4)13-11(5)7-8-12-9(2)3/h6-9H,1,4H2,2-3,5H3/b11-7+,12-8?. The first-order valence-corrected chi connectivity index (χ1v) is 5.07. The van der Waals surface area contributed by atoms with Crippen molar-refractivity contribution in [3.05, 3.63) is 35.1 Å². The smallest absolute Gasteiger partial charge is 0.0443 e. The van der Waals surface area contributed by atoms with E-state index in [4.69, 9.17) is 0 Å². The average molecular weight is 195 g/mol. The average Bonchev–Trinajstić information content (AvgIpc) is 2.03. The van der Waals surface area contributed by atoms with Gasteiger partial charge in [-0.25, -0.2) is 0 Å². The molecule has 0 aliphatic heterocycles. The van der Waals surface area contributed by atoms with E-state index < -0.39 is 0 Å². The second-order valence-corrected chi connectivity index (χ2v) is 4.31. The quantitative estimate of drug-likeness (QED) is 0.480. The predicted octanol–water partition coefficient (Wildman–Crippen LogP) is 3.80. The van der Waals surface area contributed by atoms with Crippen LogP contribution in [0.1, 0.15) is 20.8 Å². The molecule has 13 heavy (non-hydrogen) atoms. The summed E-state index contributed by atoms with van der Waals surface area (Å²) in [5.74, 6) is 0. The molecule has 0 rings (SSSR count). The van der Waals surface area contributed by atoms with Crippen LogP contribution in [-0.4, -0.2) is 12.3 Å². The van der Waals surface area contributed by atoms with Crippen molar-refractivity contribution in [1.82, 2.24) is 0 Å². The van der Waals surface area contributed by atoms with Crippen LogP contribution in [0.25, 0.3) is 0 Å². The lowest BCUT2D eigenvalue weighted by molar-refractivity contribution is 0.842. The van der Waals surface area contributed by atoms with Gasteiger partial charge in [-0.3, -0.25) is 4.99 Å². The number of thioether (sulfide) groups is 1. The maximum atomic E-state index is 4.23. The van der Waals surface area contributed by atoms with Crippen molar-refractivity contribution < 1.29 is 0 Å². The van der Waals surface area contributed by atoms with Crippen LogP contribution >= 0.6 is 11.8 Å². The van der Waals surface area contributed by atoms with Crippen molar-refractivity contribution in [2.75, 3.05) is 0 Å². The zero-order chi connectivity index (χ0) is 10.3. The van der Waals surface area contributed by atoms with Crippen LogP contribution in [0.5, 0.6) is 0 Å². The van der Waals surface area contributed by atoms with E-state index in [1.165, 1.54) is 4.91 Å². The molecule has 72 valence electrons. The molecule has 0 aromatic carbocycles. The summed E-state index contributed by atoms with van der Waals surface area (Å²) in [7, 11) is 0. The van der Waals surface area contributed by atoms with Crippen molar-refractivity contribution in [3.63, 3.8) is 0 Å². The Bertz CT molecular complexity index is 236. The third kappa shape index (κ3) is 7.60. The molecule has 0 unspecified atom stereocenters. The third-order valence-electron chi connectivity index (χ3n) is 1.21. The molecule has 0 spiro atoms. The molecule has 0 radical (unpaired) electrons. The monoisotopic (exact) mass is 195 g/mol. The van der Waals surface area contributed by atoms with Gasteiger partial charge in [0.25, 0.3) is 0 Å². The minimum absolute atomic E-state index is 0.358. The summed E-state index contributed by atoms with van der Waals surface area (Å²) in [6, 6.07) is 0.358. The number of hydrogen-bond donors (Lipinski definition) is 0. The Morgan fingerprint density at radius 2 is 2.08 bits per heavy atom. The van der Waals surface area contributed by atoms with Gasteiger partial charge in [0.05, 0.1) is 0 Å². The van der Waals surface area contributed by atoms with Crippen molar-refractivity contribution in [1.29, 1.82) is 0 Å². The first-order chi connectivity index (χ1) is 6.06. The molecule has 0 aliphatic rings. The summed E-state index contributed by atoms with van der Waals surface area (Å²) < 4.78 is 0. The first kappa shape index (κ1) is 12.2. The number of hydrogen-bond acceptors (Lipinski definition) is 2. The Hall–Kier alpha value is -0.760. The molecule has 0 saturated carbocycles. The van der Waals surface area contributed by atoms with E-state index in [1.807, 2.05) is 19.2 Å². The maximum Gasteiger partial charge on any atom is 0.0443 e. The lowest BCUT2D eigenvalue weighted by Gasteiger charge is -1.98. The number of rotatable bonds is 5. The maximum absolute atomic E-state index is 4.23. The molecule has 0 bridgehead atoms.